The molecule has 10 atom stereocenters. The van der Waals surface area contributed by atoms with Gasteiger partial charge >= 0.3 is 0 Å². The zero-order chi connectivity index (χ0) is 25.5. The van der Waals surface area contributed by atoms with E-state index in [0.29, 0.717) is 44.1 Å². The molecular weight excluding hydrogens is 436 g/mol. The van der Waals surface area contributed by atoms with Crippen LogP contribution in [0.3, 0.4) is 0 Å². The number of fused-ring (bicyclic) bond motifs is 5. The molecule has 194 valence electrons. The topological polar surface area (TPSA) is 138 Å². The Bertz CT molecular complexity index is 860. The quantitative estimate of drug-likeness (QED) is 0.353. The van der Waals surface area contributed by atoms with Crippen LogP contribution in [0, 0.1) is 28.6 Å². The maximum absolute atomic E-state index is 13.2. The highest BCUT2D eigenvalue weighted by Crippen LogP contribution is 2.68. The lowest BCUT2D eigenvalue weighted by Crippen LogP contribution is -2.62. The van der Waals surface area contributed by atoms with E-state index in [1.54, 1.807) is 26.8 Å². The molecule has 0 aromatic heterocycles. The molecule has 7 nitrogen and oxygen atoms in total. The van der Waals surface area contributed by atoms with Crippen LogP contribution in [-0.2, 0) is 4.79 Å². The number of hydrogen-bond acceptors (Lipinski definition) is 7. The van der Waals surface area contributed by atoms with Gasteiger partial charge in [0, 0.05) is 11.3 Å². The highest BCUT2D eigenvalue weighted by Gasteiger charge is 2.69. The molecule has 3 saturated carbocycles. The van der Waals surface area contributed by atoms with Gasteiger partial charge in [-0.15, -0.1) is 0 Å². The zero-order valence-electron chi connectivity index (χ0n) is 21.3. The van der Waals surface area contributed by atoms with E-state index in [0.717, 1.165) is 0 Å². The van der Waals surface area contributed by atoms with Crippen LogP contribution in [0.4, 0.5) is 0 Å². The van der Waals surface area contributed by atoms with E-state index in [2.05, 4.69) is 0 Å². The fourth-order valence-electron chi connectivity index (χ4n) is 8.32. The molecule has 34 heavy (non-hydrogen) atoms. The second-order valence-electron chi connectivity index (χ2n) is 13.2. The SMILES string of the molecule is CC(C)(O)CC[C@H](O)[C@](C)(O)C1CC[C@@]2(O)C3=CC(=O)C4CC(O)C(O)C[C@]4(C)C3CC[C@]12C. The molecule has 4 aliphatic carbocycles. The van der Waals surface area contributed by atoms with Crippen LogP contribution in [0.2, 0.25) is 0 Å². The molecule has 0 aromatic rings. The maximum Gasteiger partial charge on any atom is 0.159 e. The Balaban J connectivity index is 1.66. The minimum absolute atomic E-state index is 0.0840. The Kier molecular flexibility index (Phi) is 6.24. The molecule has 0 amide bonds. The van der Waals surface area contributed by atoms with Gasteiger partial charge in [0.1, 0.15) is 0 Å². The van der Waals surface area contributed by atoms with Gasteiger partial charge in [-0.05, 0) is 101 Å². The molecule has 0 radical (unpaired) electrons. The van der Waals surface area contributed by atoms with Crippen molar-refractivity contribution in [1.82, 2.24) is 0 Å². The summed E-state index contributed by atoms with van der Waals surface area (Å²) < 4.78 is 0. The van der Waals surface area contributed by atoms with Crippen molar-refractivity contribution < 1.29 is 35.4 Å². The van der Waals surface area contributed by atoms with Crippen molar-refractivity contribution in [1.29, 1.82) is 0 Å². The van der Waals surface area contributed by atoms with Gasteiger partial charge in [0.2, 0.25) is 0 Å². The Morgan fingerprint density at radius 2 is 1.71 bits per heavy atom. The first-order chi connectivity index (χ1) is 15.5. The van der Waals surface area contributed by atoms with Crippen molar-refractivity contribution in [2.45, 2.75) is 121 Å². The van der Waals surface area contributed by atoms with Gasteiger partial charge < -0.3 is 30.6 Å². The first kappa shape index (κ1) is 26.2. The van der Waals surface area contributed by atoms with Crippen LogP contribution in [0.25, 0.3) is 0 Å². The summed E-state index contributed by atoms with van der Waals surface area (Å²) >= 11 is 0. The lowest BCUT2D eigenvalue weighted by Gasteiger charge is -2.60. The molecule has 7 heteroatoms. The summed E-state index contributed by atoms with van der Waals surface area (Å²) in [5.41, 5.74) is -4.27. The summed E-state index contributed by atoms with van der Waals surface area (Å²) in [5, 5.41) is 65.5. The number of aliphatic hydroxyl groups excluding tert-OH is 3. The fraction of sp³-hybridized carbons (Fsp3) is 0.889. The summed E-state index contributed by atoms with van der Waals surface area (Å²) in [7, 11) is 0. The molecule has 3 fully saturated rings. The minimum atomic E-state index is -1.46. The van der Waals surface area contributed by atoms with E-state index in [1.165, 1.54) is 0 Å². The van der Waals surface area contributed by atoms with Gasteiger partial charge in [-0.1, -0.05) is 13.8 Å². The van der Waals surface area contributed by atoms with E-state index in [-0.39, 0.29) is 36.4 Å². The second-order valence-corrected chi connectivity index (χ2v) is 13.2. The van der Waals surface area contributed by atoms with Crippen molar-refractivity contribution in [3.8, 4) is 0 Å². The number of hydrogen-bond donors (Lipinski definition) is 6. The number of carbonyl (C=O) groups is 1. The molecule has 0 aromatic carbocycles. The van der Waals surface area contributed by atoms with Gasteiger partial charge in [0.05, 0.1) is 35.1 Å². The third-order valence-corrected chi connectivity index (χ3v) is 10.5. The fourth-order valence-corrected chi connectivity index (χ4v) is 8.32. The first-order valence-corrected chi connectivity index (χ1v) is 12.9. The summed E-state index contributed by atoms with van der Waals surface area (Å²) in [6.45, 7) is 8.96. The Labute approximate surface area is 202 Å². The maximum atomic E-state index is 13.2. The van der Waals surface area contributed by atoms with Crippen molar-refractivity contribution in [2.24, 2.45) is 28.6 Å². The molecule has 0 saturated heterocycles. The monoisotopic (exact) mass is 480 g/mol. The van der Waals surface area contributed by atoms with Gasteiger partial charge in [0.25, 0.3) is 0 Å². The number of allylic oxidation sites excluding steroid dienone is 1. The van der Waals surface area contributed by atoms with Crippen molar-refractivity contribution in [2.75, 3.05) is 0 Å². The highest BCUT2D eigenvalue weighted by atomic mass is 16.3. The van der Waals surface area contributed by atoms with E-state index in [4.69, 9.17) is 0 Å². The van der Waals surface area contributed by atoms with Crippen LogP contribution in [0.5, 0.6) is 0 Å². The Morgan fingerprint density at radius 1 is 1.06 bits per heavy atom. The molecular formula is C27H44O7. The summed E-state index contributed by atoms with van der Waals surface area (Å²) in [4.78, 5) is 13.2. The van der Waals surface area contributed by atoms with E-state index in [1.807, 2.05) is 13.8 Å². The number of rotatable bonds is 5. The van der Waals surface area contributed by atoms with Crippen molar-refractivity contribution >= 4 is 5.78 Å². The molecule has 0 spiro atoms. The van der Waals surface area contributed by atoms with Crippen LogP contribution in [0.1, 0.15) is 86.0 Å². The normalized spacial score (nSPS) is 47.2. The molecule has 0 bridgehead atoms. The average molecular weight is 481 g/mol. The summed E-state index contributed by atoms with van der Waals surface area (Å²) in [6, 6.07) is 0. The number of aliphatic hydroxyl groups is 6. The third kappa shape index (κ3) is 3.73. The predicted octanol–water partition coefficient (Wildman–Crippen LogP) is 1.85. The standard InChI is InChI=1S/C27H44O7/c1-23(2,32)9-8-22(31)26(5,33)21-7-11-27(34)16-12-18(28)17-13-19(29)20(30)14-24(17,3)15(16)6-10-25(21,27)4/h12,15,17,19-22,29-34H,6-11,13-14H2,1-5H3/t15?,17?,19?,20?,21?,22-,24+,25+,26+,27+/m0/s1. The summed E-state index contributed by atoms with van der Waals surface area (Å²) in [6.07, 6.45) is 2.11. The molecule has 6 N–H and O–H groups in total. The number of carbonyl (C=O) groups excluding carboxylic acids is 1. The van der Waals surface area contributed by atoms with E-state index >= 15 is 0 Å². The van der Waals surface area contributed by atoms with Crippen LogP contribution in [0.15, 0.2) is 11.6 Å². The van der Waals surface area contributed by atoms with Gasteiger partial charge in [0.15, 0.2) is 5.78 Å². The van der Waals surface area contributed by atoms with Crippen LogP contribution < -0.4 is 0 Å². The van der Waals surface area contributed by atoms with Crippen molar-refractivity contribution in [3.05, 3.63) is 11.6 Å². The molecule has 4 aliphatic rings. The lowest BCUT2D eigenvalue weighted by atomic mass is 9.45. The first-order valence-electron chi connectivity index (χ1n) is 12.9. The van der Waals surface area contributed by atoms with E-state index < -0.39 is 45.9 Å². The molecule has 5 unspecified atom stereocenters. The largest absolute Gasteiger partial charge is 0.390 e. The lowest BCUT2D eigenvalue weighted by molar-refractivity contribution is -0.177. The van der Waals surface area contributed by atoms with Crippen LogP contribution in [-0.4, -0.2) is 71.5 Å². The second kappa shape index (κ2) is 8.09. The van der Waals surface area contributed by atoms with Gasteiger partial charge in [-0.25, -0.2) is 0 Å². The van der Waals surface area contributed by atoms with E-state index in [9.17, 15) is 35.4 Å². The minimum Gasteiger partial charge on any atom is -0.390 e. The smallest absolute Gasteiger partial charge is 0.159 e. The molecule has 0 aliphatic heterocycles. The molecule has 4 rings (SSSR count). The predicted molar refractivity (Wildman–Crippen MR) is 127 cm³/mol. The average Bonchev–Trinajstić information content (AvgIpc) is 3.00. The Hall–Kier alpha value is -0.830. The Morgan fingerprint density at radius 3 is 2.32 bits per heavy atom. The number of ketones is 1. The highest BCUT2D eigenvalue weighted by molar-refractivity contribution is 5.95. The third-order valence-electron chi connectivity index (χ3n) is 10.5. The zero-order valence-corrected chi connectivity index (χ0v) is 21.3. The van der Waals surface area contributed by atoms with Crippen LogP contribution >= 0.6 is 0 Å². The summed E-state index contributed by atoms with van der Waals surface area (Å²) in [5.74, 6) is -0.948. The van der Waals surface area contributed by atoms with Crippen molar-refractivity contribution in [3.63, 3.8) is 0 Å². The van der Waals surface area contributed by atoms with Gasteiger partial charge in [-0.3, -0.25) is 4.79 Å². The molecule has 0 heterocycles. The van der Waals surface area contributed by atoms with Gasteiger partial charge in [-0.2, -0.15) is 0 Å².